The van der Waals surface area contributed by atoms with Crippen molar-refractivity contribution in [3.8, 4) is 0 Å². The Bertz CT molecular complexity index is 686. The molecule has 0 spiro atoms. The normalized spacial score (nSPS) is 10.4. The van der Waals surface area contributed by atoms with E-state index in [1.807, 2.05) is 0 Å². The molecule has 0 aliphatic heterocycles. The van der Waals surface area contributed by atoms with Crippen LogP contribution >= 0.6 is 0 Å². The van der Waals surface area contributed by atoms with Gasteiger partial charge in [-0.3, -0.25) is 19.6 Å². The first-order valence-corrected chi connectivity index (χ1v) is 5.87. The van der Waals surface area contributed by atoms with Crippen LogP contribution in [0.25, 0.3) is 0 Å². The van der Waals surface area contributed by atoms with Gasteiger partial charge in [0.25, 0.3) is 11.6 Å². The van der Waals surface area contributed by atoms with Crippen molar-refractivity contribution < 1.29 is 14.1 Å². The Hall–Kier alpha value is -2.88. The molecule has 0 bridgehead atoms. The number of nitrogens with one attached hydrogen (secondary N) is 1. The predicted octanol–water partition coefficient (Wildman–Crippen LogP) is 0.536. The summed E-state index contributed by atoms with van der Waals surface area (Å²) in [4.78, 5) is 21.9. The van der Waals surface area contributed by atoms with Crippen LogP contribution in [-0.2, 0) is 6.54 Å². The van der Waals surface area contributed by atoms with Crippen LogP contribution in [0.1, 0.15) is 10.5 Å². The lowest BCUT2D eigenvalue weighted by atomic mass is 10.2. The number of hydrogen-bond acceptors (Lipinski definition) is 6. The third-order valence-corrected chi connectivity index (χ3v) is 2.56. The zero-order valence-electron chi connectivity index (χ0n) is 10.7. The number of benzene rings is 1. The molecule has 0 fully saturated rings. The highest BCUT2D eigenvalue weighted by Crippen LogP contribution is 2.27. The molecule has 9 nitrogen and oxygen atoms in total. The zero-order valence-corrected chi connectivity index (χ0v) is 10.7. The summed E-state index contributed by atoms with van der Waals surface area (Å²) in [6, 6.07) is 3.28. The molecule has 10 heteroatoms. The van der Waals surface area contributed by atoms with Crippen LogP contribution in [0.5, 0.6) is 0 Å². The Labute approximate surface area is 117 Å². The van der Waals surface area contributed by atoms with Gasteiger partial charge in [0.2, 0.25) is 0 Å². The van der Waals surface area contributed by atoms with Crippen molar-refractivity contribution in [2.75, 3.05) is 11.9 Å². The molecule has 110 valence electrons. The number of aromatic nitrogens is 3. The number of rotatable bonds is 5. The SMILES string of the molecule is NCCn1cc(C(=O)Nc2c(F)cccc2[N+](=O)[O-])nn1. The van der Waals surface area contributed by atoms with Gasteiger partial charge in [-0.1, -0.05) is 11.3 Å². The smallest absolute Gasteiger partial charge is 0.295 e. The fraction of sp³-hybridized carbons (Fsp3) is 0.182. The third-order valence-electron chi connectivity index (χ3n) is 2.56. The molecule has 2 rings (SSSR count). The maximum absolute atomic E-state index is 13.6. The minimum absolute atomic E-state index is 0.0963. The van der Waals surface area contributed by atoms with Gasteiger partial charge in [0.05, 0.1) is 17.7 Å². The Balaban J connectivity index is 2.25. The van der Waals surface area contributed by atoms with E-state index in [1.54, 1.807) is 0 Å². The van der Waals surface area contributed by atoms with E-state index < -0.39 is 28.0 Å². The quantitative estimate of drug-likeness (QED) is 0.611. The Morgan fingerprint density at radius 2 is 2.29 bits per heavy atom. The van der Waals surface area contributed by atoms with E-state index in [9.17, 15) is 19.3 Å². The molecule has 0 aliphatic carbocycles. The summed E-state index contributed by atoms with van der Waals surface area (Å²) in [5.41, 5.74) is 4.18. The molecule has 21 heavy (non-hydrogen) atoms. The fourth-order valence-electron chi connectivity index (χ4n) is 1.61. The second kappa shape index (κ2) is 6.05. The standard InChI is InChI=1S/C11H11FN6O3/c12-7-2-1-3-9(18(20)21)10(7)14-11(19)8-6-17(5-4-13)16-15-8/h1-3,6H,4-5,13H2,(H,14,19). The van der Waals surface area contributed by atoms with Gasteiger partial charge in [-0.2, -0.15) is 0 Å². The first kappa shape index (κ1) is 14.5. The molecule has 0 atom stereocenters. The number of nitro groups is 1. The Kier molecular flexibility index (Phi) is 4.18. The molecule has 2 aromatic rings. The molecule has 0 saturated heterocycles. The van der Waals surface area contributed by atoms with E-state index in [4.69, 9.17) is 5.73 Å². The number of carbonyl (C=O) groups excluding carboxylic acids is 1. The number of carbonyl (C=O) groups is 1. The zero-order chi connectivity index (χ0) is 15.4. The monoisotopic (exact) mass is 294 g/mol. The number of nitrogens with two attached hydrogens (primary N) is 1. The molecular weight excluding hydrogens is 283 g/mol. The van der Waals surface area contributed by atoms with E-state index in [0.717, 1.165) is 12.1 Å². The van der Waals surface area contributed by atoms with Gasteiger partial charge in [0, 0.05) is 12.6 Å². The lowest BCUT2D eigenvalue weighted by molar-refractivity contribution is -0.384. The lowest BCUT2D eigenvalue weighted by Gasteiger charge is -2.05. The average molecular weight is 294 g/mol. The number of hydrogen-bond donors (Lipinski definition) is 2. The van der Waals surface area contributed by atoms with Crippen molar-refractivity contribution in [3.05, 3.63) is 46.0 Å². The highest BCUT2D eigenvalue weighted by Gasteiger charge is 2.21. The van der Waals surface area contributed by atoms with Crippen LogP contribution in [0.4, 0.5) is 15.8 Å². The van der Waals surface area contributed by atoms with Gasteiger partial charge < -0.3 is 11.1 Å². The van der Waals surface area contributed by atoms with Crippen molar-refractivity contribution in [3.63, 3.8) is 0 Å². The van der Waals surface area contributed by atoms with Gasteiger partial charge in [0.15, 0.2) is 17.2 Å². The minimum Gasteiger partial charge on any atom is -0.329 e. The number of halogens is 1. The summed E-state index contributed by atoms with van der Waals surface area (Å²) in [6.45, 7) is 0.670. The number of nitro benzene ring substituents is 1. The number of anilines is 1. The number of amides is 1. The van der Waals surface area contributed by atoms with Crippen LogP contribution in [0, 0.1) is 15.9 Å². The van der Waals surface area contributed by atoms with Gasteiger partial charge in [-0.05, 0) is 6.07 Å². The predicted molar refractivity (Wildman–Crippen MR) is 70.1 cm³/mol. The van der Waals surface area contributed by atoms with Crippen LogP contribution in [0.3, 0.4) is 0 Å². The molecule has 1 aromatic carbocycles. The molecule has 3 N–H and O–H groups in total. The maximum Gasteiger partial charge on any atom is 0.295 e. The fourth-order valence-corrected chi connectivity index (χ4v) is 1.61. The lowest BCUT2D eigenvalue weighted by Crippen LogP contribution is -2.15. The van der Waals surface area contributed by atoms with Crippen molar-refractivity contribution in [1.29, 1.82) is 0 Å². The Morgan fingerprint density at radius 1 is 1.52 bits per heavy atom. The van der Waals surface area contributed by atoms with Gasteiger partial charge in [0.1, 0.15) is 0 Å². The first-order valence-electron chi connectivity index (χ1n) is 5.87. The summed E-state index contributed by atoms with van der Waals surface area (Å²) in [5.74, 6) is -1.71. The van der Waals surface area contributed by atoms with Gasteiger partial charge in [-0.15, -0.1) is 5.10 Å². The van der Waals surface area contributed by atoms with Gasteiger partial charge >= 0.3 is 0 Å². The van der Waals surface area contributed by atoms with E-state index in [2.05, 4.69) is 15.6 Å². The van der Waals surface area contributed by atoms with E-state index in [-0.39, 0.29) is 5.69 Å². The van der Waals surface area contributed by atoms with Crippen molar-refractivity contribution in [2.24, 2.45) is 5.73 Å². The molecule has 0 unspecified atom stereocenters. The first-order chi connectivity index (χ1) is 10.0. The van der Waals surface area contributed by atoms with Crippen LogP contribution < -0.4 is 11.1 Å². The van der Waals surface area contributed by atoms with E-state index in [0.29, 0.717) is 13.1 Å². The number of para-hydroxylation sites is 1. The second-order valence-corrected chi connectivity index (χ2v) is 4.00. The summed E-state index contributed by atoms with van der Waals surface area (Å²) >= 11 is 0. The third kappa shape index (κ3) is 3.17. The highest BCUT2D eigenvalue weighted by atomic mass is 19.1. The van der Waals surface area contributed by atoms with Gasteiger partial charge in [-0.25, -0.2) is 4.39 Å². The summed E-state index contributed by atoms with van der Waals surface area (Å²) in [5, 5.41) is 20.2. The van der Waals surface area contributed by atoms with Crippen LogP contribution in [0.15, 0.2) is 24.4 Å². The minimum atomic E-state index is -0.910. The number of nitrogens with zero attached hydrogens (tertiary/aromatic N) is 4. The molecule has 0 aliphatic rings. The van der Waals surface area contributed by atoms with Crippen molar-refractivity contribution in [1.82, 2.24) is 15.0 Å². The molecule has 1 amide bonds. The molecular formula is C11H11FN6O3. The van der Waals surface area contributed by atoms with Crippen LogP contribution in [0.2, 0.25) is 0 Å². The molecule has 1 heterocycles. The summed E-state index contributed by atoms with van der Waals surface area (Å²) in [7, 11) is 0. The average Bonchev–Trinajstić information content (AvgIpc) is 2.90. The van der Waals surface area contributed by atoms with Crippen molar-refractivity contribution in [2.45, 2.75) is 6.54 Å². The van der Waals surface area contributed by atoms with Crippen LogP contribution in [-0.4, -0.2) is 32.4 Å². The molecule has 0 saturated carbocycles. The largest absolute Gasteiger partial charge is 0.329 e. The Morgan fingerprint density at radius 3 is 2.95 bits per heavy atom. The van der Waals surface area contributed by atoms with E-state index >= 15 is 0 Å². The highest BCUT2D eigenvalue weighted by molar-refractivity contribution is 6.03. The summed E-state index contributed by atoms with van der Waals surface area (Å²) in [6.07, 6.45) is 1.31. The maximum atomic E-state index is 13.6. The van der Waals surface area contributed by atoms with E-state index in [1.165, 1.54) is 16.9 Å². The topological polar surface area (TPSA) is 129 Å². The molecule has 1 aromatic heterocycles. The second-order valence-electron chi connectivity index (χ2n) is 4.00. The van der Waals surface area contributed by atoms with Crippen molar-refractivity contribution >= 4 is 17.3 Å². The summed E-state index contributed by atoms with van der Waals surface area (Å²) < 4.78 is 15.0. The molecule has 0 radical (unpaired) electrons.